The highest BCUT2D eigenvalue weighted by atomic mass is 16.6. The number of carbonyl (C=O) groups excluding carboxylic acids is 4. The number of aromatic nitrogens is 3. The van der Waals surface area contributed by atoms with Crippen molar-refractivity contribution in [2.75, 3.05) is 19.7 Å². The average molecular weight is 669 g/mol. The first kappa shape index (κ1) is 32.7. The fourth-order valence-corrected chi connectivity index (χ4v) is 7.68. The molecule has 0 saturated carbocycles. The molecule has 7 rings (SSSR count). The van der Waals surface area contributed by atoms with Crippen molar-refractivity contribution >= 4 is 34.7 Å². The van der Waals surface area contributed by atoms with Crippen LogP contribution in [0.4, 0.5) is 0 Å². The number of benzene rings is 2. The summed E-state index contributed by atoms with van der Waals surface area (Å²) in [6.45, 7) is 3.67. The number of aliphatic hydroxyl groups is 1. The van der Waals surface area contributed by atoms with E-state index in [2.05, 4.69) is 15.6 Å². The van der Waals surface area contributed by atoms with Crippen LogP contribution in [0, 0.1) is 17.8 Å². The van der Waals surface area contributed by atoms with E-state index in [-0.39, 0.29) is 44.6 Å². The SMILES string of the molecule is CC(C)[C@H](CO)N1C(=O)[C@@H]2[C@H]3C(=O)O[C@H](c4ccccc4)CNC(=O)CC/C=C\[C@H]3O[C@@]23C=CCN(Cn2nnc4ccccc42)C(=O)[C@@H]13. The van der Waals surface area contributed by atoms with Crippen molar-refractivity contribution in [1.29, 1.82) is 0 Å². The lowest BCUT2D eigenvalue weighted by Gasteiger charge is -2.39. The molecule has 7 atom stereocenters. The third-order valence-electron chi connectivity index (χ3n) is 10.1. The molecule has 4 aliphatic rings. The van der Waals surface area contributed by atoms with Crippen LogP contribution in [0.2, 0.25) is 0 Å². The molecule has 1 aromatic heterocycles. The van der Waals surface area contributed by atoms with Crippen LogP contribution in [0.25, 0.3) is 11.0 Å². The largest absolute Gasteiger partial charge is 0.455 e. The van der Waals surface area contributed by atoms with E-state index in [1.165, 1.54) is 4.90 Å². The molecule has 0 aliphatic carbocycles. The molecule has 3 aromatic rings. The van der Waals surface area contributed by atoms with Crippen LogP contribution >= 0.6 is 0 Å². The maximum atomic E-state index is 14.8. The van der Waals surface area contributed by atoms with Gasteiger partial charge in [-0.1, -0.05) is 85.8 Å². The third-order valence-corrected chi connectivity index (χ3v) is 10.1. The van der Waals surface area contributed by atoms with Crippen LogP contribution in [0.1, 0.15) is 38.4 Å². The summed E-state index contributed by atoms with van der Waals surface area (Å²) in [5, 5.41) is 22.0. The van der Waals surface area contributed by atoms with Gasteiger partial charge in [-0.15, -0.1) is 5.10 Å². The van der Waals surface area contributed by atoms with Crippen molar-refractivity contribution in [2.45, 2.75) is 63.3 Å². The van der Waals surface area contributed by atoms with Gasteiger partial charge >= 0.3 is 5.97 Å². The highest BCUT2D eigenvalue weighted by Crippen LogP contribution is 2.54. The van der Waals surface area contributed by atoms with Crippen molar-refractivity contribution in [3.63, 3.8) is 0 Å². The van der Waals surface area contributed by atoms with Gasteiger partial charge in [0.05, 0.1) is 36.7 Å². The van der Waals surface area contributed by atoms with Crippen LogP contribution in [-0.2, 0) is 35.3 Å². The first-order valence-electron chi connectivity index (χ1n) is 16.8. The van der Waals surface area contributed by atoms with Crippen molar-refractivity contribution < 1.29 is 33.8 Å². The second-order valence-corrected chi connectivity index (χ2v) is 13.4. The van der Waals surface area contributed by atoms with Gasteiger partial charge in [-0.3, -0.25) is 19.2 Å². The molecule has 49 heavy (non-hydrogen) atoms. The molecule has 1 spiro atoms. The molecular weight excluding hydrogens is 628 g/mol. The first-order valence-corrected chi connectivity index (χ1v) is 16.8. The smallest absolute Gasteiger partial charge is 0.313 e. The number of hydrogen-bond donors (Lipinski definition) is 2. The molecular formula is C36H40N6O7. The Morgan fingerprint density at radius 3 is 2.57 bits per heavy atom. The molecule has 13 nitrogen and oxygen atoms in total. The van der Waals surface area contributed by atoms with Crippen LogP contribution < -0.4 is 5.32 Å². The van der Waals surface area contributed by atoms with Crippen molar-refractivity contribution in [1.82, 2.24) is 30.1 Å². The summed E-state index contributed by atoms with van der Waals surface area (Å²) in [5.41, 5.74) is 0.575. The second kappa shape index (κ2) is 13.2. The van der Waals surface area contributed by atoms with Crippen molar-refractivity contribution in [2.24, 2.45) is 17.8 Å². The summed E-state index contributed by atoms with van der Waals surface area (Å²) in [6.07, 6.45) is 5.88. The standard InChI is InChI=1S/C36H40N6O7/c1-22(2)26(20-43)42-32-34(46)40(21-41-25-14-7-6-13-24(25)38-39-41)18-10-17-36(32)31(33(42)45)30-27(49-36)15-8-9-16-29(44)37-19-28(48-35(30)47)23-11-4-3-5-12-23/h3-8,10-15,17,22,26-28,30-32,43H,9,16,18-21H2,1-2H3,(H,37,44)/b15-8-/t26-,27+,28-,30-,31-,32+,36-/m0/s1. The Balaban J connectivity index is 1.30. The van der Waals surface area contributed by atoms with Crippen LogP contribution in [0.3, 0.4) is 0 Å². The normalized spacial score (nSPS) is 30.2. The minimum Gasteiger partial charge on any atom is -0.455 e. The lowest BCUT2D eigenvalue weighted by Crippen LogP contribution is -2.59. The quantitative estimate of drug-likeness (QED) is 0.297. The van der Waals surface area contributed by atoms with Crippen LogP contribution in [0.5, 0.6) is 0 Å². The fourth-order valence-electron chi connectivity index (χ4n) is 7.68. The number of nitrogens with one attached hydrogen (secondary N) is 1. The summed E-state index contributed by atoms with van der Waals surface area (Å²) in [4.78, 5) is 59.6. The van der Waals surface area contributed by atoms with E-state index in [9.17, 15) is 24.3 Å². The van der Waals surface area contributed by atoms with Gasteiger partial charge in [-0.05, 0) is 30.0 Å². The van der Waals surface area contributed by atoms with Crippen LogP contribution in [-0.4, -0.2) is 97.1 Å². The number of nitrogens with zero attached hydrogens (tertiary/aromatic N) is 5. The molecule has 2 N–H and O–H groups in total. The number of cyclic esters (lactones) is 1. The van der Waals surface area contributed by atoms with Gasteiger partial charge < -0.3 is 29.7 Å². The maximum Gasteiger partial charge on any atom is 0.313 e. The van der Waals surface area contributed by atoms with E-state index in [0.717, 1.165) is 5.52 Å². The fraction of sp³-hybridized carbons (Fsp3) is 0.444. The van der Waals surface area contributed by atoms with Gasteiger partial charge in [0, 0.05) is 13.0 Å². The average Bonchev–Trinajstić information content (AvgIpc) is 3.69. The zero-order chi connectivity index (χ0) is 34.3. The number of aliphatic hydroxyl groups excluding tert-OH is 1. The molecule has 2 aromatic carbocycles. The number of ether oxygens (including phenoxy) is 2. The summed E-state index contributed by atoms with van der Waals surface area (Å²) < 4.78 is 14.6. The van der Waals surface area contributed by atoms with Crippen molar-refractivity contribution in [3.05, 3.63) is 84.5 Å². The number of esters is 1. The summed E-state index contributed by atoms with van der Waals surface area (Å²) in [6, 6.07) is 14.6. The number of allylic oxidation sites excluding steroid dienone is 1. The Morgan fingerprint density at radius 1 is 1.02 bits per heavy atom. The molecule has 4 aliphatic heterocycles. The number of rotatable bonds is 6. The third kappa shape index (κ3) is 5.70. The van der Waals surface area contributed by atoms with E-state index in [4.69, 9.17) is 9.47 Å². The monoisotopic (exact) mass is 668 g/mol. The number of likely N-dealkylation sites (tertiary alicyclic amines) is 1. The second-order valence-electron chi connectivity index (χ2n) is 13.4. The molecule has 13 heteroatoms. The zero-order valence-electron chi connectivity index (χ0n) is 27.4. The van der Waals surface area contributed by atoms with E-state index in [0.29, 0.717) is 17.5 Å². The van der Waals surface area contributed by atoms with E-state index in [1.807, 2.05) is 68.4 Å². The molecule has 256 valence electrons. The molecule has 0 radical (unpaired) electrons. The Labute approximate surface area is 283 Å². The van der Waals surface area contributed by atoms with E-state index >= 15 is 0 Å². The van der Waals surface area contributed by atoms with E-state index < -0.39 is 59.5 Å². The minimum atomic E-state index is -1.54. The number of hydrogen-bond acceptors (Lipinski definition) is 9. The van der Waals surface area contributed by atoms with Gasteiger partial charge in [-0.25, -0.2) is 4.68 Å². The van der Waals surface area contributed by atoms with Gasteiger partial charge in [0.25, 0.3) is 5.91 Å². The Kier molecular flexibility index (Phi) is 8.80. The van der Waals surface area contributed by atoms with Gasteiger partial charge in [0.1, 0.15) is 35.9 Å². The lowest BCUT2D eigenvalue weighted by atomic mass is 9.78. The topological polar surface area (TPSA) is 156 Å². The number of carbonyl (C=O) groups is 4. The van der Waals surface area contributed by atoms with Crippen LogP contribution in [0.15, 0.2) is 78.9 Å². The highest BCUT2D eigenvalue weighted by Gasteiger charge is 2.72. The number of amides is 3. The number of para-hydroxylation sites is 1. The van der Waals surface area contributed by atoms with E-state index in [1.54, 1.807) is 33.9 Å². The lowest BCUT2D eigenvalue weighted by molar-refractivity contribution is -0.161. The Morgan fingerprint density at radius 2 is 1.80 bits per heavy atom. The van der Waals surface area contributed by atoms with Gasteiger partial charge in [-0.2, -0.15) is 0 Å². The van der Waals surface area contributed by atoms with Gasteiger partial charge in [0.15, 0.2) is 0 Å². The Bertz CT molecular complexity index is 1810. The highest BCUT2D eigenvalue weighted by molar-refractivity contribution is 5.99. The van der Waals surface area contributed by atoms with Crippen molar-refractivity contribution in [3.8, 4) is 0 Å². The first-order chi connectivity index (χ1) is 23.7. The van der Waals surface area contributed by atoms with Gasteiger partial charge in [0.2, 0.25) is 11.8 Å². The summed E-state index contributed by atoms with van der Waals surface area (Å²) in [7, 11) is 0. The summed E-state index contributed by atoms with van der Waals surface area (Å²) in [5.74, 6) is -4.16. The molecule has 3 amide bonds. The molecule has 0 unspecified atom stereocenters. The predicted octanol–water partition coefficient (Wildman–Crippen LogP) is 2.14. The Hall–Kier alpha value is -4.88. The zero-order valence-corrected chi connectivity index (χ0v) is 27.4. The maximum absolute atomic E-state index is 14.8. The molecule has 5 heterocycles. The summed E-state index contributed by atoms with van der Waals surface area (Å²) >= 11 is 0. The number of fused-ring (bicyclic) bond motifs is 3. The molecule has 0 bridgehead atoms. The predicted molar refractivity (Wildman–Crippen MR) is 176 cm³/mol. The minimum absolute atomic E-state index is 0.0549. The molecule has 2 saturated heterocycles. The molecule has 2 fully saturated rings.